The van der Waals surface area contributed by atoms with Gasteiger partial charge in [0.15, 0.2) is 0 Å². The minimum atomic E-state index is -1.30. The molecule has 6 heteroatoms. The van der Waals surface area contributed by atoms with Gasteiger partial charge in [-0.05, 0) is 18.2 Å². The van der Waals surface area contributed by atoms with Crippen molar-refractivity contribution in [1.82, 2.24) is 0 Å². The summed E-state index contributed by atoms with van der Waals surface area (Å²) in [6, 6.07) is 4.84. The van der Waals surface area contributed by atoms with Gasteiger partial charge in [-0.1, -0.05) is 15.9 Å². The smallest absolute Gasteiger partial charge is 0.335 e. The van der Waals surface area contributed by atoms with E-state index in [0.717, 1.165) is 0 Å². The number of rotatable bonds is 1. The molecule has 0 saturated carbocycles. The molecule has 1 aromatic carbocycles. The third-order valence-electron chi connectivity index (χ3n) is 2.39. The number of benzene rings is 1. The second-order valence-electron chi connectivity index (χ2n) is 3.55. The molecule has 0 saturated heterocycles. The van der Waals surface area contributed by atoms with Gasteiger partial charge < -0.3 is 15.5 Å². The van der Waals surface area contributed by atoms with E-state index in [1.165, 1.54) is 0 Å². The first-order valence-corrected chi connectivity index (χ1v) is 5.53. The van der Waals surface area contributed by atoms with Crippen molar-refractivity contribution in [3.63, 3.8) is 0 Å². The zero-order valence-corrected chi connectivity index (χ0v) is 10.1. The molecule has 1 amide bonds. The minimum Gasteiger partial charge on any atom is -0.507 e. The molecule has 0 aliphatic carbocycles. The molecule has 0 atom stereocenters. The topological polar surface area (TPSA) is 86.6 Å². The quantitative estimate of drug-likeness (QED) is 0.741. The van der Waals surface area contributed by atoms with Crippen molar-refractivity contribution in [2.24, 2.45) is 0 Å². The number of carbonyl (C=O) groups excluding carboxylic acids is 1. The van der Waals surface area contributed by atoms with Crippen LogP contribution in [0.4, 0.5) is 5.69 Å². The minimum absolute atomic E-state index is 0.294. The van der Waals surface area contributed by atoms with Crippen LogP contribution in [0.3, 0.4) is 0 Å². The summed E-state index contributed by atoms with van der Waals surface area (Å²) in [4.78, 5) is 22.4. The van der Waals surface area contributed by atoms with Gasteiger partial charge in [0.25, 0.3) is 0 Å². The molecule has 2 rings (SSSR count). The lowest BCUT2D eigenvalue weighted by Crippen LogP contribution is -2.13. The average molecular weight is 298 g/mol. The van der Waals surface area contributed by atoms with Crippen LogP contribution >= 0.6 is 15.9 Å². The zero-order chi connectivity index (χ0) is 12.6. The number of carboxylic acid groups (broad SMARTS) is 1. The third-order valence-corrected chi connectivity index (χ3v) is 2.89. The van der Waals surface area contributed by atoms with Crippen LogP contribution in [0.25, 0.3) is 5.76 Å². The number of hydrogen-bond acceptors (Lipinski definition) is 3. The first-order valence-electron chi connectivity index (χ1n) is 4.74. The molecule has 1 heterocycles. The van der Waals surface area contributed by atoms with Crippen molar-refractivity contribution in [2.75, 3.05) is 5.32 Å². The molecule has 88 valence electrons. The average Bonchev–Trinajstić information content (AvgIpc) is 2.38. The molecule has 17 heavy (non-hydrogen) atoms. The molecule has 0 spiro atoms. The molecule has 0 bridgehead atoms. The van der Waals surface area contributed by atoms with Crippen molar-refractivity contribution in [1.29, 1.82) is 0 Å². The number of aliphatic hydroxyl groups excluding tert-OH is 1. The lowest BCUT2D eigenvalue weighted by molar-refractivity contribution is -0.133. The Labute approximate surface area is 105 Å². The van der Waals surface area contributed by atoms with E-state index in [-0.39, 0.29) is 17.8 Å². The molecule has 0 aromatic heterocycles. The Bertz CT molecular complexity index is 550. The van der Waals surface area contributed by atoms with Crippen LogP contribution in [-0.4, -0.2) is 22.1 Å². The fraction of sp³-hybridized carbons (Fsp3) is 0.0909. The zero-order valence-electron chi connectivity index (χ0n) is 8.53. The van der Waals surface area contributed by atoms with Crippen LogP contribution in [-0.2, 0) is 9.59 Å². The van der Waals surface area contributed by atoms with Gasteiger partial charge in [0.2, 0.25) is 5.91 Å². The van der Waals surface area contributed by atoms with Gasteiger partial charge in [0.05, 0.1) is 17.7 Å². The normalized spacial score (nSPS) is 15.0. The lowest BCUT2D eigenvalue weighted by atomic mass is 10.1. The first kappa shape index (κ1) is 11.7. The van der Waals surface area contributed by atoms with E-state index >= 15 is 0 Å². The molecule has 1 aliphatic heterocycles. The second-order valence-corrected chi connectivity index (χ2v) is 4.46. The molecule has 3 N–H and O–H groups in total. The third kappa shape index (κ3) is 2.16. The number of carboxylic acids is 1. The second kappa shape index (κ2) is 4.21. The van der Waals surface area contributed by atoms with E-state index in [1.807, 2.05) is 0 Å². The number of hydrogen-bond donors (Lipinski definition) is 3. The molecule has 0 unspecified atom stereocenters. The van der Waals surface area contributed by atoms with Crippen LogP contribution in [0.2, 0.25) is 0 Å². The van der Waals surface area contributed by atoms with Crippen LogP contribution < -0.4 is 5.32 Å². The van der Waals surface area contributed by atoms with E-state index < -0.39 is 11.9 Å². The number of aliphatic hydroxyl groups is 1. The molecular formula is C11H8BrNO4. The molecule has 0 radical (unpaired) electrons. The van der Waals surface area contributed by atoms with Crippen molar-refractivity contribution >= 4 is 39.3 Å². The Morgan fingerprint density at radius 1 is 1.41 bits per heavy atom. The van der Waals surface area contributed by atoms with Gasteiger partial charge in [-0.25, -0.2) is 4.79 Å². The van der Waals surface area contributed by atoms with Crippen LogP contribution in [0, 0.1) is 0 Å². The highest BCUT2D eigenvalue weighted by Gasteiger charge is 2.25. The van der Waals surface area contributed by atoms with E-state index in [1.54, 1.807) is 18.2 Å². The number of nitrogens with one attached hydrogen (secondary N) is 1. The Balaban J connectivity index is 2.67. The molecule has 0 fully saturated rings. The van der Waals surface area contributed by atoms with Crippen LogP contribution in [0.1, 0.15) is 12.0 Å². The number of carbonyl (C=O) groups is 2. The summed E-state index contributed by atoms with van der Waals surface area (Å²) in [5.74, 6) is -2.15. The monoisotopic (exact) mass is 297 g/mol. The maximum Gasteiger partial charge on any atom is 0.335 e. The van der Waals surface area contributed by atoms with E-state index in [0.29, 0.717) is 15.7 Å². The predicted octanol–water partition coefficient (Wildman–Crippen LogP) is 2.15. The van der Waals surface area contributed by atoms with Crippen LogP contribution in [0.15, 0.2) is 28.2 Å². The van der Waals surface area contributed by atoms with Crippen LogP contribution in [0.5, 0.6) is 0 Å². The summed E-state index contributed by atoms with van der Waals surface area (Å²) in [6.07, 6.45) is -0.354. The van der Waals surface area contributed by atoms with Crippen molar-refractivity contribution < 1.29 is 19.8 Å². The fourth-order valence-corrected chi connectivity index (χ4v) is 1.96. The predicted molar refractivity (Wildman–Crippen MR) is 64.6 cm³/mol. The summed E-state index contributed by atoms with van der Waals surface area (Å²) >= 11 is 3.22. The Morgan fingerprint density at radius 3 is 2.76 bits per heavy atom. The van der Waals surface area contributed by atoms with Crippen molar-refractivity contribution in [2.45, 2.75) is 6.42 Å². The van der Waals surface area contributed by atoms with E-state index in [9.17, 15) is 14.7 Å². The summed E-state index contributed by atoms with van der Waals surface area (Å²) in [5.41, 5.74) is 0.383. The van der Waals surface area contributed by atoms with Gasteiger partial charge in [0.1, 0.15) is 5.76 Å². The summed E-state index contributed by atoms with van der Waals surface area (Å²) < 4.78 is 0.684. The fourth-order valence-electron chi connectivity index (χ4n) is 1.60. The van der Waals surface area contributed by atoms with Crippen molar-refractivity contribution in [3.8, 4) is 0 Å². The number of amides is 1. The highest BCUT2D eigenvalue weighted by Crippen LogP contribution is 2.31. The maximum absolute atomic E-state index is 11.5. The Hall–Kier alpha value is -1.82. The highest BCUT2D eigenvalue weighted by molar-refractivity contribution is 9.10. The number of fused-ring (bicyclic) bond motifs is 1. The van der Waals surface area contributed by atoms with Gasteiger partial charge in [-0.3, -0.25) is 4.79 Å². The summed E-state index contributed by atoms with van der Waals surface area (Å²) in [7, 11) is 0. The highest BCUT2D eigenvalue weighted by atomic mass is 79.9. The summed E-state index contributed by atoms with van der Waals surface area (Å²) in [6.45, 7) is 0. The van der Waals surface area contributed by atoms with E-state index in [2.05, 4.69) is 21.2 Å². The molecular weight excluding hydrogens is 290 g/mol. The maximum atomic E-state index is 11.5. The van der Waals surface area contributed by atoms with E-state index in [4.69, 9.17) is 5.11 Å². The van der Waals surface area contributed by atoms with Gasteiger partial charge >= 0.3 is 5.97 Å². The number of aliphatic carboxylic acids is 1. The van der Waals surface area contributed by atoms with Gasteiger partial charge in [0, 0.05) is 10.0 Å². The largest absolute Gasteiger partial charge is 0.507 e. The number of halogens is 1. The van der Waals surface area contributed by atoms with Gasteiger partial charge in [-0.15, -0.1) is 0 Å². The number of anilines is 1. The van der Waals surface area contributed by atoms with Gasteiger partial charge in [-0.2, -0.15) is 0 Å². The molecule has 1 aromatic rings. The van der Waals surface area contributed by atoms with Crippen molar-refractivity contribution in [3.05, 3.63) is 33.8 Å². The SMILES string of the molecule is O=C1CC(C(=O)O)=C(O)c2cc(Br)ccc2N1. The summed E-state index contributed by atoms with van der Waals surface area (Å²) in [5, 5.41) is 21.4. The first-order chi connectivity index (χ1) is 7.99. The Kier molecular flexibility index (Phi) is 2.89. The molecule has 1 aliphatic rings. The lowest BCUT2D eigenvalue weighted by Gasteiger charge is -2.07. The Morgan fingerprint density at radius 2 is 2.12 bits per heavy atom. The standard InChI is InChI=1S/C11H8BrNO4/c12-5-1-2-8-6(3-5)10(15)7(11(16)17)4-9(14)13-8/h1-3,15H,4H2,(H,13,14)(H,16,17). The molecule has 5 nitrogen and oxygen atoms in total.